The smallest absolute Gasteiger partial charge is 0.231 e. The first-order valence-corrected chi connectivity index (χ1v) is 5.81. The lowest BCUT2D eigenvalue weighted by molar-refractivity contribution is 0.174. The van der Waals surface area contributed by atoms with Crippen LogP contribution in [0, 0.1) is 0 Å². The monoisotopic (exact) mass is 212 g/mol. The second-order valence-corrected chi connectivity index (χ2v) is 1.85. The molecule has 0 saturated heterocycles. The van der Waals surface area contributed by atoms with E-state index in [9.17, 15) is 0 Å². The van der Waals surface area contributed by atoms with Crippen molar-refractivity contribution in [3.8, 4) is 11.5 Å². The number of benzene rings is 1. The Morgan fingerprint density at radius 2 is 1.07 bits per heavy atom. The molecular formula is C13H24O2. The van der Waals surface area contributed by atoms with E-state index in [0.717, 1.165) is 11.5 Å². The van der Waals surface area contributed by atoms with Gasteiger partial charge in [-0.15, -0.1) is 0 Å². The van der Waals surface area contributed by atoms with Gasteiger partial charge in [0.2, 0.25) is 6.79 Å². The van der Waals surface area contributed by atoms with Gasteiger partial charge in [0, 0.05) is 0 Å². The van der Waals surface area contributed by atoms with Crippen LogP contribution in [0.2, 0.25) is 0 Å². The highest BCUT2D eigenvalue weighted by atomic mass is 16.7. The van der Waals surface area contributed by atoms with Gasteiger partial charge >= 0.3 is 0 Å². The predicted molar refractivity (Wildman–Crippen MR) is 66.6 cm³/mol. The molecule has 0 saturated carbocycles. The summed E-state index contributed by atoms with van der Waals surface area (Å²) >= 11 is 0. The van der Waals surface area contributed by atoms with Gasteiger partial charge in [-0.3, -0.25) is 0 Å². The zero-order valence-electron chi connectivity index (χ0n) is 10.8. The maximum absolute atomic E-state index is 5.08. The van der Waals surface area contributed by atoms with Crippen LogP contribution in [0.3, 0.4) is 0 Å². The molecule has 0 aromatic heterocycles. The molecule has 0 fully saturated rings. The van der Waals surface area contributed by atoms with Gasteiger partial charge in [0.15, 0.2) is 11.5 Å². The fraction of sp³-hybridized carbons (Fsp3) is 0.538. The second kappa shape index (κ2) is 12.8. The van der Waals surface area contributed by atoms with E-state index in [2.05, 4.69) is 0 Å². The van der Waals surface area contributed by atoms with Gasteiger partial charge in [-0.1, -0.05) is 53.7 Å². The SMILES string of the molecule is CC.CC.CC.c1ccc2c(c1)OCO2. The fourth-order valence-corrected chi connectivity index (χ4v) is 0.845. The highest BCUT2D eigenvalue weighted by Gasteiger charge is 2.09. The largest absolute Gasteiger partial charge is 0.454 e. The molecule has 2 nitrogen and oxygen atoms in total. The van der Waals surface area contributed by atoms with Crippen LogP contribution in [-0.2, 0) is 0 Å². The molecule has 2 rings (SSSR count). The lowest BCUT2D eigenvalue weighted by atomic mass is 10.3. The summed E-state index contributed by atoms with van der Waals surface area (Å²) in [4.78, 5) is 0. The van der Waals surface area contributed by atoms with E-state index in [1.807, 2.05) is 65.8 Å². The first kappa shape index (κ1) is 16.3. The first-order chi connectivity index (χ1) is 7.47. The topological polar surface area (TPSA) is 18.5 Å². The number of para-hydroxylation sites is 2. The van der Waals surface area contributed by atoms with Crippen molar-refractivity contribution < 1.29 is 9.47 Å². The number of hydrogen-bond donors (Lipinski definition) is 0. The van der Waals surface area contributed by atoms with Crippen LogP contribution in [-0.4, -0.2) is 6.79 Å². The molecule has 0 unspecified atom stereocenters. The zero-order valence-corrected chi connectivity index (χ0v) is 10.8. The van der Waals surface area contributed by atoms with E-state index >= 15 is 0 Å². The number of fused-ring (bicyclic) bond motifs is 1. The van der Waals surface area contributed by atoms with Crippen LogP contribution in [0.4, 0.5) is 0 Å². The standard InChI is InChI=1S/C7H6O2.3C2H6/c1-2-4-7-6(3-1)8-5-9-7;3*1-2/h1-4H,5H2;3*1-2H3. The quantitative estimate of drug-likeness (QED) is 0.630. The van der Waals surface area contributed by atoms with Crippen molar-refractivity contribution in [1.82, 2.24) is 0 Å². The molecule has 0 aliphatic carbocycles. The molecular weight excluding hydrogens is 188 g/mol. The molecule has 0 amide bonds. The summed E-state index contributed by atoms with van der Waals surface area (Å²) < 4.78 is 10.2. The Bertz CT molecular complexity index is 199. The summed E-state index contributed by atoms with van der Waals surface area (Å²) in [6, 6.07) is 7.63. The van der Waals surface area contributed by atoms with Gasteiger partial charge in [-0.05, 0) is 12.1 Å². The number of rotatable bonds is 0. The van der Waals surface area contributed by atoms with Gasteiger partial charge in [-0.2, -0.15) is 0 Å². The van der Waals surface area contributed by atoms with Crippen LogP contribution in [0.25, 0.3) is 0 Å². The molecule has 0 N–H and O–H groups in total. The van der Waals surface area contributed by atoms with Crippen LogP contribution in [0.15, 0.2) is 24.3 Å². The number of ether oxygens (including phenoxy) is 2. The average molecular weight is 212 g/mol. The summed E-state index contributed by atoms with van der Waals surface area (Å²) in [5.74, 6) is 1.69. The van der Waals surface area contributed by atoms with Crippen molar-refractivity contribution in [1.29, 1.82) is 0 Å². The lowest BCUT2D eigenvalue weighted by Gasteiger charge is -1.89. The minimum Gasteiger partial charge on any atom is -0.454 e. The van der Waals surface area contributed by atoms with E-state index in [0.29, 0.717) is 6.79 Å². The molecule has 88 valence electrons. The molecule has 0 atom stereocenters. The van der Waals surface area contributed by atoms with Crippen molar-refractivity contribution in [3.63, 3.8) is 0 Å². The van der Waals surface area contributed by atoms with E-state index < -0.39 is 0 Å². The third-order valence-electron chi connectivity index (χ3n) is 1.28. The highest BCUT2D eigenvalue weighted by molar-refractivity contribution is 5.40. The van der Waals surface area contributed by atoms with Crippen LogP contribution < -0.4 is 9.47 Å². The Morgan fingerprint density at radius 1 is 0.733 bits per heavy atom. The van der Waals surface area contributed by atoms with Crippen LogP contribution >= 0.6 is 0 Å². The summed E-state index contributed by atoms with van der Waals surface area (Å²) in [5.41, 5.74) is 0. The van der Waals surface area contributed by atoms with Crippen LogP contribution in [0.5, 0.6) is 11.5 Å². The predicted octanol–water partition coefficient (Wildman–Crippen LogP) is 4.49. The average Bonchev–Trinajstić information content (AvgIpc) is 2.85. The first-order valence-electron chi connectivity index (χ1n) is 5.81. The summed E-state index contributed by atoms with van der Waals surface area (Å²) in [6.45, 7) is 12.4. The maximum Gasteiger partial charge on any atom is 0.231 e. The lowest BCUT2D eigenvalue weighted by Crippen LogP contribution is -1.92. The van der Waals surface area contributed by atoms with Crippen molar-refractivity contribution in [3.05, 3.63) is 24.3 Å². The van der Waals surface area contributed by atoms with Crippen LogP contribution in [0.1, 0.15) is 41.5 Å². The van der Waals surface area contributed by atoms with E-state index in [1.54, 1.807) is 0 Å². The summed E-state index contributed by atoms with van der Waals surface area (Å²) in [5, 5.41) is 0. The highest BCUT2D eigenvalue weighted by Crippen LogP contribution is 2.30. The zero-order chi connectivity index (χ0) is 12.1. The molecule has 1 aliphatic heterocycles. The summed E-state index contributed by atoms with van der Waals surface area (Å²) in [6.07, 6.45) is 0. The van der Waals surface area contributed by atoms with Gasteiger partial charge in [0.1, 0.15) is 0 Å². The van der Waals surface area contributed by atoms with Gasteiger partial charge in [-0.25, -0.2) is 0 Å². The normalized spacial score (nSPS) is 9.47. The number of hydrogen-bond acceptors (Lipinski definition) is 2. The molecule has 1 aromatic carbocycles. The Balaban J connectivity index is 0. The molecule has 1 aromatic rings. The van der Waals surface area contributed by atoms with Gasteiger partial charge in [0.05, 0.1) is 0 Å². The Morgan fingerprint density at radius 3 is 1.40 bits per heavy atom. The Labute approximate surface area is 94.2 Å². The Kier molecular flexibility index (Phi) is 13.9. The molecule has 1 heterocycles. The van der Waals surface area contributed by atoms with Crippen molar-refractivity contribution in [2.45, 2.75) is 41.5 Å². The van der Waals surface area contributed by atoms with Gasteiger partial charge < -0.3 is 9.47 Å². The molecule has 0 radical (unpaired) electrons. The van der Waals surface area contributed by atoms with E-state index in [-0.39, 0.29) is 0 Å². The van der Waals surface area contributed by atoms with E-state index in [4.69, 9.17) is 9.47 Å². The Hall–Kier alpha value is -1.18. The fourth-order valence-electron chi connectivity index (χ4n) is 0.845. The third-order valence-corrected chi connectivity index (χ3v) is 1.28. The molecule has 2 heteroatoms. The third kappa shape index (κ3) is 6.00. The maximum atomic E-state index is 5.08. The minimum atomic E-state index is 0.360. The second-order valence-electron chi connectivity index (χ2n) is 1.85. The molecule has 1 aliphatic rings. The van der Waals surface area contributed by atoms with E-state index in [1.165, 1.54) is 0 Å². The van der Waals surface area contributed by atoms with Crippen molar-refractivity contribution >= 4 is 0 Å². The summed E-state index contributed by atoms with van der Waals surface area (Å²) in [7, 11) is 0. The van der Waals surface area contributed by atoms with Crippen molar-refractivity contribution in [2.24, 2.45) is 0 Å². The minimum absolute atomic E-state index is 0.360. The van der Waals surface area contributed by atoms with Crippen molar-refractivity contribution in [2.75, 3.05) is 6.79 Å². The molecule has 0 spiro atoms. The molecule has 0 bridgehead atoms. The van der Waals surface area contributed by atoms with Gasteiger partial charge in [0.25, 0.3) is 0 Å². The molecule has 15 heavy (non-hydrogen) atoms.